The van der Waals surface area contributed by atoms with Crippen molar-refractivity contribution in [1.82, 2.24) is 0 Å². The largest absolute Gasteiger partial charge is 0.472 e. The van der Waals surface area contributed by atoms with E-state index in [1.165, 1.54) is 89.9 Å². The molecule has 0 heterocycles. The van der Waals surface area contributed by atoms with Crippen LogP contribution in [0.15, 0.2) is 146 Å². The molecule has 0 aliphatic carbocycles. The summed E-state index contributed by atoms with van der Waals surface area (Å²) >= 11 is 0. The van der Waals surface area contributed by atoms with Gasteiger partial charge in [-0.25, -0.2) is 9.13 Å². The Morgan fingerprint density at radius 3 is 0.887 bits per heavy atom. The smallest absolute Gasteiger partial charge is 0.462 e. The summed E-state index contributed by atoms with van der Waals surface area (Å²) in [6.07, 6.45) is 89.8. The third-order valence-corrected chi connectivity index (χ3v) is 18.7. The molecule has 0 fully saturated rings. The first kappa shape index (κ1) is 101. The fourth-order valence-electron chi connectivity index (χ4n) is 10.5. The number of phosphoric ester groups is 2. The average molecular weight is 1530 g/mol. The quantitative estimate of drug-likeness (QED) is 0.0169. The maximum atomic E-state index is 13.1. The molecule has 606 valence electrons. The van der Waals surface area contributed by atoms with E-state index < -0.39 is 97.5 Å². The molecule has 0 aromatic carbocycles. The Bertz CT molecular complexity index is 2580. The summed E-state index contributed by atoms with van der Waals surface area (Å²) in [4.78, 5) is 73.0. The molecule has 0 aromatic rings. The standard InChI is InChI=1S/C87H146O17P2/c1-5-9-13-17-21-25-29-33-37-39-40-42-45-48-52-56-60-64-68-72-85(90)98-78-82(103-86(91)73-69-65-61-57-53-49-44-36-32-28-24-20-16-12-8-4)79-101-105(93,94)99-75-81(88)76-100-106(95,96)102-80-83(77-97-84(89)71-67-63-59-55-51-47-43-35-31-27-23-19-15-11-7-3)104-87(92)74-70-66-62-58-54-50-46-41-38-34-30-26-22-18-14-10-6-2/h9,13,21-22,25-27,31,33-34,36-38,40,42,44,46,48,50,52,58,60,62,64,81-83,88H,5-8,10-12,14-20,23-24,28-30,32,35,39,41,43,45,47,49,51,53-57,59,61,63,65-80H2,1-4H3,(H,93,94)(H,95,96)/b13-9-,25-21-,26-22-,31-27-,37-33-,38-34-,42-40-,44-36-,50-46-,52-48-,62-58-,64-60-/t81-,82-,83-/m1/s1. The molecule has 0 amide bonds. The van der Waals surface area contributed by atoms with Crippen LogP contribution in [0.1, 0.15) is 323 Å². The number of phosphoric acid groups is 2. The van der Waals surface area contributed by atoms with Gasteiger partial charge in [0.25, 0.3) is 0 Å². The van der Waals surface area contributed by atoms with Crippen LogP contribution in [0.3, 0.4) is 0 Å². The van der Waals surface area contributed by atoms with Crippen LogP contribution < -0.4 is 0 Å². The van der Waals surface area contributed by atoms with Crippen LogP contribution in [-0.4, -0.2) is 96.7 Å². The molecule has 106 heavy (non-hydrogen) atoms. The second-order valence-corrected chi connectivity index (χ2v) is 29.9. The van der Waals surface area contributed by atoms with Gasteiger partial charge in [-0.1, -0.05) is 289 Å². The van der Waals surface area contributed by atoms with Crippen molar-refractivity contribution in [3.63, 3.8) is 0 Å². The van der Waals surface area contributed by atoms with Gasteiger partial charge in [0.15, 0.2) is 12.2 Å². The highest BCUT2D eigenvalue weighted by Crippen LogP contribution is 2.45. The maximum absolute atomic E-state index is 13.1. The van der Waals surface area contributed by atoms with E-state index in [4.69, 9.17) is 37.0 Å². The zero-order valence-electron chi connectivity index (χ0n) is 66.3. The van der Waals surface area contributed by atoms with Gasteiger partial charge in [0.2, 0.25) is 0 Å². The molecule has 0 saturated heterocycles. The summed E-state index contributed by atoms with van der Waals surface area (Å²) in [6.45, 7) is 4.57. The van der Waals surface area contributed by atoms with E-state index in [1.54, 1.807) is 0 Å². The number of hydrogen-bond acceptors (Lipinski definition) is 15. The Labute approximate surface area is 643 Å². The summed E-state index contributed by atoms with van der Waals surface area (Å²) in [5.74, 6) is -2.35. The van der Waals surface area contributed by atoms with Gasteiger partial charge in [-0.3, -0.25) is 37.3 Å². The van der Waals surface area contributed by atoms with Crippen molar-refractivity contribution in [3.05, 3.63) is 146 Å². The van der Waals surface area contributed by atoms with Crippen molar-refractivity contribution in [2.24, 2.45) is 0 Å². The highest BCUT2D eigenvalue weighted by molar-refractivity contribution is 7.47. The van der Waals surface area contributed by atoms with E-state index in [2.05, 4.69) is 143 Å². The molecule has 0 spiro atoms. The topological polar surface area (TPSA) is 237 Å². The van der Waals surface area contributed by atoms with Crippen LogP contribution in [0.5, 0.6) is 0 Å². The predicted molar refractivity (Wildman–Crippen MR) is 436 cm³/mol. The molecule has 0 aliphatic rings. The lowest BCUT2D eigenvalue weighted by Crippen LogP contribution is -2.30. The van der Waals surface area contributed by atoms with Crippen LogP contribution in [-0.2, 0) is 65.4 Å². The summed E-state index contributed by atoms with van der Waals surface area (Å²) in [6, 6.07) is 0. The summed E-state index contributed by atoms with van der Waals surface area (Å²) < 4.78 is 68.5. The number of aliphatic hydroxyl groups excluding tert-OH is 1. The molecule has 0 bridgehead atoms. The molecular weight excluding hydrogens is 1380 g/mol. The van der Waals surface area contributed by atoms with Gasteiger partial charge in [0.05, 0.1) is 26.4 Å². The summed E-state index contributed by atoms with van der Waals surface area (Å²) in [5.41, 5.74) is 0. The Balaban J connectivity index is 5.49. The fourth-order valence-corrected chi connectivity index (χ4v) is 12.1. The molecule has 0 aliphatic heterocycles. The number of ether oxygens (including phenoxy) is 4. The number of carbonyl (C=O) groups is 4. The SMILES string of the molecule is CC/C=C\C/C=C\C/C=C\C/C=C\C/C=C\C/C=C\CCC(=O)OC[C@H](COP(=O)(O)OC[C@@H](O)COP(=O)(O)OC[C@@H](COC(=O)CCCCCCCCC/C=C\CCCCCC)OC(=O)CCC/C=C\C/C=C\C/C=C\C/C=C\CCCCC)OC(=O)CCCCCCC/C=C\CCCCCCCC. The van der Waals surface area contributed by atoms with Crippen LogP contribution in [0, 0.1) is 0 Å². The molecule has 0 saturated carbocycles. The summed E-state index contributed by atoms with van der Waals surface area (Å²) in [5, 5.41) is 10.6. The van der Waals surface area contributed by atoms with Gasteiger partial charge in [-0.15, -0.1) is 0 Å². The van der Waals surface area contributed by atoms with Crippen molar-refractivity contribution in [1.29, 1.82) is 0 Å². The van der Waals surface area contributed by atoms with Crippen molar-refractivity contribution in [2.45, 2.75) is 341 Å². The van der Waals surface area contributed by atoms with Crippen molar-refractivity contribution >= 4 is 39.5 Å². The second-order valence-electron chi connectivity index (χ2n) is 27.0. The minimum absolute atomic E-state index is 0.0138. The fraction of sp³-hybridized carbons (Fsp3) is 0.678. The number of hydrogen-bond donors (Lipinski definition) is 3. The lowest BCUT2D eigenvalue weighted by atomic mass is 10.1. The Hall–Kier alpha value is -5.06. The van der Waals surface area contributed by atoms with Crippen LogP contribution in [0.4, 0.5) is 0 Å². The van der Waals surface area contributed by atoms with Gasteiger partial charge >= 0.3 is 39.5 Å². The van der Waals surface area contributed by atoms with E-state index in [0.29, 0.717) is 38.5 Å². The summed E-state index contributed by atoms with van der Waals surface area (Å²) in [7, 11) is -10.0. The van der Waals surface area contributed by atoms with E-state index in [-0.39, 0.29) is 25.7 Å². The molecule has 19 heteroatoms. The van der Waals surface area contributed by atoms with Gasteiger partial charge in [0.1, 0.15) is 19.3 Å². The van der Waals surface area contributed by atoms with Gasteiger partial charge < -0.3 is 33.8 Å². The highest BCUT2D eigenvalue weighted by atomic mass is 31.2. The average Bonchev–Trinajstić information content (AvgIpc) is 0.905. The molecular formula is C87H146O17P2. The molecule has 3 N–H and O–H groups in total. The zero-order chi connectivity index (χ0) is 77.4. The van der Waals surface area contributed by atoms with Gasteiger partial charge in [0, 0.05) is 25.7 Å². The number of carbonyl (C=O) groups excluding carboxylic acids is 4. The first-order chi connectivity index (χ1) is 51.7. The van der Waals surface area contributed by atoms with Crippen LogP contribution >= 0.6 is 15.6 Å². The molecule has 0 aromatic heterocycles. The first-order valence-corrected chi connectivity index (χ1v) is 44.1. The van der Waals surface area contributed by atoms with Gasteiger partial charge in [-0.05, 0) is 154 Å². The third kappa shape index (κ3) is 77.1. The zero-order valence-corrected chi connectivity index (χ0v) is 68.1. The monoisotopic (exact) mass is 1530 g/mol. The molecule has 2 unspecified atom stereocenters. The van der Waals surface area contributed by atoms with E-state index in [1.807, 2.05) is 30.4 Å². The number of allylic oxidation sites excluding steroid dienone is 24. The molecule has 5 atom stereocenters. The molecule has 0 rings (SSSR count). The Morgan fingerprint density at radius 1 is 0.274 bits per heavy atom. The lowest BCUT2D eigenvalue weighted by molar-refractivity contribution is -0.161. The normalized spacial score (nSPS) is 14.6. The number of unbranched alkanes of at least 4 members (excludes halogenated alkanes) is 26. The van der Waals surface area contributed by atoms with Crippen LogP contribution in [0.2, 0.25) is 0 Å². The molecule has 17 nitrogen and oxygen atoms in total. The maximum Gasteiger partial charge on any atom is 0.472 e. The minimum Gasteiger partial charge on any atom is -0.462 e. The Kier molecular flexibility index (Phi) is 74.3. The van der Waals surface area contributed by atoms with E-state index in [9.17, 15) is 43.2 Å². The molecule has 0 radical (unpaired) electrons. The van der Waals surface area contributed by atoms with Crippen molar-refractivity contribution < 1.29 is 80.2 Å². The second kappa shape index (κ2) is 78.1. The van der Waals surface area contributed by atoms with E-state index in [0.717, 1.165) is 141 Å². The van der Waals surface area contributed by atoms with Gasteiger partial charge in [-0.2, -0.15) is 0 Å². The minimum atomic E-state index is -5.01. The highest BCUT2D eigenvalue weighted by Gasteiger charge is 2.30. The number of rotatable bonds is 76. The van der Waals surface area contributed by atoms with Crippen LogP contribution in [0.25, 0.3) is 0 Å². The number of esters is 4. The lowest BCUT2D eigenvalue weighted by Gasteiger charge is -2.21. The number of aliphatic hydroxyl groups is 1. The van der Waals surface area contributed by atoms with E-state index >= 15 is 0 Å². The van der Waals surface area contributed by atoms with Crippen molar-refractivity contribution in [2.75, 3.05) is 39.6 Å². The Morgan fingerprint density at radius 2 is 0.519 bits per heavy atom. The third-order valence-electron chi connectivity index (χ3n) is 16.8. The van der Waals surface area contributed by atoms with Crippen molar-refractivity contribution in [3.8, 4) is 0 Å². The first-order valence-electron chi connectivity index (χ1n) is 41.1. The predicted octanol–water partition coefficient (Wildman–Crippen LogP) is 24.2.